The Morgan fingerprint density at radius 2 is 2.00 bits per heavy atom. The van der Waals surface area contributed by atoms with Gasteiger partial charge in [0, 0.05) is 44.5 Å². The smallest absolute Gasteiger partial charge is 0.251 e. The first-order valence-corrected chi connectivity index (χ1v) is 7.99. The summed E-state index contributed by atoms with van der Waals surface area (Å²) in [6.45, 7) is 2.03. The molecule has 0 saturated carbocycles. The van der Waals surface area contributed by atoms with Gasteiger partial charge in [-0.1, -0.05) is 30.3 Å². The van der Waals surface area contributed by atoms with E-state index < -0.39 is 0 Å². The van der Waals surface area contributed by atoms with Crippen molar-refractivity contribution in [3.05, 3.63) is 64.7 Å². The molecule has 3 rings (SSSR count). The quantitative estimate of drug-likeness (QED) is 0.835. The molecule has 2 aromatic rings. The molecule has 2 aromatic carbocycles. The number of rotatable bonds is 5. The summed E-state index contributed by atoms with van der Waals surface area (Å²) in [6.07, 6.45) is 1.60. The number of para-hydroxylation sites is 1. The van der Waals surface area contributed by atoms with Crippen molar-refractivity contribution in [1.82, 2.24) is 5.32 Å². The van der Waals surface area contributed by atoms with Crippen molar-refractivity contribution < 1.29 is 9.53 Å². The van der Waals surface area contributed by atoms with Crippen molar-refractivity contribution in [3.8, 4) is 0 Å². The summed E-state index contributed by atoms with van der Waals surface area (Å²) < 4.78 is 5.02. The van der Waals surface area contributed by atoms with Crippen molar-refractivity contribution in [2.75, 3.05) is 25.6 Å². The molecule has 1 heterocycles. The van der Waals surface area contributed by atoms with Crippen molar-refractivity contribution >= 4 is 11.6 Å². The van der Waals surface area contributed by atoms with E-state index in [0.717, 1.165) is 36.2 Å². The van der Waals surface area contributed by atoms with Crippen LogP contribution in [-0.2, 0) is 17.7 Å². The lowest BCUT2D eigenvalue weighted by molar-refractivity contribution is 0.0947. The standard InChI is InChI=1S/C19H22N2O2/c1-23-11-5-10-20-19(22)16-8-4-7-15-13-21-18-9-3-2-6-14(18)12-17(15)16/h2-4,6-9,21H,5,10-13H2,1H3,(H,20,22). The maximum atomic E-state index is 12.5. The number of anilines is 1. The average molecular weight is 310 g/mol. The van der Waals surface area contributed by atoms with Crippen LogP contribution in [0.1, 0.15) is 33.5 Å². The van der Waals surface area contributed by atoms with Gasteiger partial charge in [0.15, 0.2) is 0 Å². The molecule has 0 fully saturated rings. The van der Waals surface area contributed by atoms with Crippen molar-refractivity contribution in [1.29, 1.82) is 0 Å². The Hall–Kier alpha value is -2.33. The summed E-state index contributed by atoms with van der Waals surface area (Å²) in [5.41, 5.74) is 5.46. The van der Waals surface area contributed by atoms with Crippen LogP contribution in [0.15, 0.2) is 42.5 Å². The van der Waals surface area contributed by atoms with Crippen LogP contribution in [0.3, 0.4) is 0 Å². The first-order chi connectivity index (χ1) is 11.3. The predicted octanol–water partition coefficient (Wildman–Crippen LogP) is 2.97. The number of carbonyl (C=O) groups excluding carboxylic acids is 1. The summed E-state index contributed by atoms with van der Waals surface area (Å²) in [7, 11) is 1.67. The van der Waals surface area contributed by atoms with Crippen LogP contribution in [0.25, 0.3) is 0 Å². The zero-order valence-corrected chi connectivity index (χ0v) is 13.4. The number of ether oxygens (including phenoxy) is 1. The molecule has 120 valence electrons. The number of hydrogen-bond acceptors (Lipinski definition) is 3. The molecule has 4 nitrogen and oxygen atoms in total. The summed E-state index contributed by atoms with van der Waals surface area (Å²) in [6, 6.07) is 14.2. The van der Waals surface area contributed by atoms with Gasteiger partial charge < -0.3 is 15.4 Å². The molecule has 1 aliphatic heterocycles. The Balaban J connectivity index is 1.83. The van der Waals surface area contributed by atoms with E-state index in [1.54, 1.807) is 7.11 Å². The highest BCUT2D eigenvalue weighted by Crippen LogP contribution is 2.28. The lowest BCUT2D eigenvalue weighted by Gasteiger charge is -2.12. The Morgan fingerprint density at radius 1 is 1.17 bits per heavy atom. The average Bonchev–Trinajstić information content (AvgIpc) is 2.77. The fraction of sp³-hybridized carbons (Fsp3) is 0.316. The molecule has 23 heavy (non-hydrogen) atoms. The van der Waals surface area contributed by atoms with E-state index in [2.05, 4.69) is 28.8 Å². The minimum Gasteiger partial charge on any atom is -0.385 e. The van der Waals surface area contributed by atoms with Crippen LogP contribution in [0.4, 0.5) is 5.69 Å². The number of carbonyl (C=O) groups is 1. The fourth-order valence-electron chi connectivity index (χ4n) is 2.96. The van der Waals surface area contributed by atoms with Gasteiger partial charge in [-0.3, -0.25) is 4.79 Å². The van der Waals surface area contributed by atoms with Crippen LogP contribution in [-0.4, -0.2) is 26.2 Å². The second-order valence-corrected chi connectivity index (χ2v) is 5.73. The maximum absolute atomic E-state index is 12.5. The lowest BCUT2D eigenvalue weighted by Crippen LogP contribution is -2.26. The van der Waals surface area contributed by atoms with Gasteiger partial charge in [-0.25, -0.2) is 0 Å². The third-order valence-corrected chi connectivity index (χ3v) is 4.18. The number of nitrogens with one attached hydrogen (secondary N) is 2. The molecule has 4 heteroatoms. The zero-order valence-electron chi connectivity index (χ0n) is 13.4. The van der Waals surface area contributed by atoms with Crippen molar-refractivity contribution in [2.24, 2.45) is 0 Å². The minimum absolute atomic E-state index is 0.00247. The first kappa shape index (κ1) is 15.6. The molecule has 0 unspecified atom stereocenters. The maximum Gasteiger partial charge on any atom is 0.251 e. The van der Waals surface area contributed by atoms with Crippen LogP contribution >= 0.6 is 0 Å². The van der Waals surface area contributed by atoms with E-state index in [-0.39, 0.29) is 5.91 Å². The number of fused-ring (bicyclic) bond motifs is 2. The van der Waals surface area contributed by atoms with E-state index in [4.69, 9.17) is 4.74 Å². The summed E-state index contributed by atoms with van der Waals surface area (Å²) >= 11 is 0. The number of methoxy groups -OCH3 is 1. The molecule has 0 atom stereocenters. The van der Waals surface area contributed by atoms with E-state index in [1.165, 1.54) is 11.1 Å². The Bertz CT molecular complexity index is 698. The largest absolute Gasteiger partial charge is 0.385 e. The predicted molar refractivity (Wildman–Crippen MR) is 91.8 cm³/mol. The van der Waals surface area contributed by atoms with Crippen LogP contribution in [0.5, 0.6) is 0 Å². The molecule has 0 saturated heterocycles. The molecule has 0 bridgehead atoms. The van der Waals surface area contributed by atoms with E-state index in [9.17, 15) is 4.79 Å². The number of hydrogen-bond donors (Lipinski definition) is 2. The molecule has 0 aliphatic carbocycles. The molecule has 0 aromatic heterocycles. The first-order valence-electron chi connectivity index (χ1n) is 7.99. The highest BCUT2D eigenvalue weighted by atomic mass is 16.5. The van der Waals surface area contributed by atoms with Gasteiger partial charge in [0.2, 0.25) is 0 Å². The Morgan fingerprint density at radius 3 is 2.87 bits per heavy atom. The van der Waals surface area contributed by atoms with Gasteiger partial charge in [0.05, 0.1) is 0 Å². The molecular weight excluding hydrogens is 288 g/mol. The summed E-state index contributed by atoms with van der Waals surface area (Å²) in [5.74, 6) is -0.00247. The molecule has 1 aliphatic rings. The monoisotopic (exact) mass is 310 g/mol. The third-order valence-electron chi connectivity index (χ3n) is 4.18. The van der Waals surface area contributed by atoms with Crippen molar-refractivity contribution in [3.63, 3.8) is 0 Å². The molecule has 2 N–H and O–H groups in total. The number of benzene rings is 2. The third kappa shape index (κ3) is 3.54. The summed E-state index contributed by atoms with van der Waals surface area (Å²) in [5, 5.41) is 6.45. The lowest BCUT2D eigenvalue weighted by atomic mass is 9.95. The second kappa shape index (κ2) is 7.29. The van der Waals surface area contributed by atoms with E-state index in [0.29, 0.717) is 13.2 Å². The van der Waals surface area contributed by atoms with Gasteiger partial charge in [-0.05, 0) is 35.2 Å². The van der Waals surface area contributed by atoms with Gasteiger partial charge in [0.1, 0.15) is 0 Å². The van der Waals surface area contributed by atoms with Crippen molar-refractivity contribution in [2.45, 2.75) is 19.4 Å². The minimum atomic E-state index is -0.00247. The molecule has 0 radical (unpaired) electrons. The molecular formula is C19H22N2O2. The van der Waals surface area contributed by atoms with Gasteiger partial charge in [0.25, 0.3) is 5.91 Å². The van der Waals surface area contributed by atoms with E-state index >= 15 is 0 Å². The molecule has 1 amide bonds. The normalized spacial score (nSPS) is 12.6. The van der Waals surface area contributed by atoms with Crippen LogP contribution in [0.2, 0.25) is 0 Å². The van der Waals surface area contributed by atoms with E-state index in [1.807, 2.05) is 24.3 Å². The highest BCUT2D eigenvalue weighted by molar-refractivity contribution is 5.96. The van der Waals surface area contributed by atoms with Gasteiger partial charge >= 0.3 is 0 Å². The zero-order chi connectivity index (χ0) is 16.1. The second-order valence-electron chi connectivity index (χ2n) is 5.73. The topological polar surface area (TPSA) is 50.4 Å². The van der Waals surface area contributed by atoms with Crippen LogP contribution < -0.4 is 10.6 Å². The SMILES string of the molecule is COCCCNC(=O)c1cccc2c1Cc1ccccc1NC2. The summed E-state index contributed by atoms with van der Waals surface area (Å²) in [4.78, 5) is 12.5. The van der Waals surface area contributed by atoms with Gasteiger partial charge in [-0.15, -0.1) is 0 Å². The number of amides is 1. The molecule has 0 spiro atoms. The fourth-order valence-corrected chi connectivity index (χ4v) is 2.96. The Labute approximate surface area is 136 Å². The van der Waals surface area contributed by atoms with Gasteiger partial charge in [-0.2, -0.15) is 0 Å². The Kier molecular flexibility index (Phi) is 4.93. The highest BCUT2D eigenvalue weighted by Gasteiger charge is 2.18. The van der Waals surface area contributed by atoms with Crippen LogP contribution in [0, 0.1) is 0 Å².